The summed E-state index contributed by atoms with van der Waals surface area (Å²) >= 11 is 0. The average molecular weight is 283 g/mol. The molecule has 8 nitrogen and oxygen atoms in total. The predicted octanol–water partition coefficient (Wildman–Crippen LogP) is -0.135. The first-order valence-electron chi connectivity index (χ1n) is 6.18. The first-order valence-corrected chi connectivity index (χ1v) is 6.18. The molecule has 1 unspecified atom stereocenters. The molecule has 0 aliphatic rings. The number of carboxylic acids is 1. The van der Waals surface area contributed by atoms with Crippen molar-refractivity contribution >= 4 is 17.8 Å². The lowest BCUT2D eigenvalue weighted by molar-refractivity contribution is -0.147. The number of rotatable bonds is 8. The minimum absolute atomic E-state index is 0.186. The number of nitrogens with zero attached hydrogens (tertiary/aromatic N) is 1. The van der Waals surface area contributed by atoms with E-state index in [9.17, 15) is 14.4 Å². The van der Waals surface area contributed by atoms with Crippen LogP contribution in [0.15, 0.2) is 12.5 Å². The number of imidazole rings is 1. The van der Waals surface area contributed by atoms with Crippen LogP contribution in [0.25, 0.3) is 0 Å². The lowest BCUT2D eigenvalue weighted by Crippen LogP contribution is -2.43. The lowest BCUT2D eigenvalue weighted by Gasteiger charge is -2.16. The molecule has 1 atom stereocenters. The molecule has 0 bridgehead atoms. The van der Waals surface area contributed by atoms with Crippen LogP contribution in [0.4, 0.5) is 0 Å². The van der Waals surface area contributed by atoms with E-state index in [2.05, 4.69) is 15.3 Å². The molecule has 0 spiro atoms. The Balaban J connectivity index is 2.60. The van der Waals surface area contributed by atoms with Gasteiger partial charge in [-0.25, -0.2) is 9.78 Å². The van der Waals surface area contributed by atoms with E-state index in [-0.39, 0.29) is 25.9 Å². The molecule has 20 heavy (non-hydrogen) atoms. The number of hydrogen-bond donors (Lipinski definition) is 3. The number of amides is 1. The Morgan fingerprint density at radius 2 is 2.20 bits per heavy atom. The molecule has 0 radical (unpaired) electrons. The van der Waals surface area contributed by atoms with Gasteiger partial charge >= 0.3 is 11.9 Å². The maximum atomic E-state index is 11.8. The quantitative estimate of drug-likeness (QED) is 0.571. The van der Waals surface area contributed by atoms with Gasteiger partial charge in [-0.2, -0.15) is 0 Å². The summed E-state index contributed by atoms with van der Waals surface area (Å²) in [5.41, 5.74) is 0.668. The Kier molecular flexibility index (Phi) is 6.21. The van der Waals surface area contributed by atoms with Gasteiger partial charge in [-0.05, 0) is 6.92 Å². The number of carbonyl (C=O) groups is 3. The molecule has 3 N–H and O–H groups in total. The summed E-state index contributed by atoms with van der Waals surface area (Å²) in [5.74, 6) is -2.14. The van der Waals surface area contributed by atoms with Gasteiger partial charge in [0.1, 0.15) is 6.04 Å². The van der Waals surface area contributed by atoms with E-state index in [0.29, 0.717) is 5.69 Å². The number of aromatic nitrogens is 2. The van der Waals surface area contributed by atoms with Crippen LogP contribution in [-0.4, -0.2) is 45.6 Å². The van der Waals surface area contributed by atoms with Crippen LogP contribution < -0.4 is 5.32 Å². The summed E-state index contributed by atoms with van der Waals surface area (Å²) in [6.07, 6.45) is 2.73. The highest BCUT2D eigenvalue weighted by Crippen LogP contribution is 2.02. The maximum Gasteiger partial charge on any atom is 0.329 e. The zero-order chi connectivity index (χ0) is 15.0. The van der Waals surface area contributed by atoms with Crippen molar-refractivity contribution in [3.63, 3.8) is 0 Å². The molecule has 1 aromatic rings. The average Bonchev–Trinajstić information content (AvgIpc) is 2.89. The zero-order valence-corrected chi connectivity index (χ0v) is 11.1. The van der Waals surface area contributed by atoms with Gasteiger partial charge in [-0.3, -0.25) is 9.59 Å². The molecule has 1 amide bonds. The number of carbonyl (C=O) groups excluding carboxylic acids is 2. The van der Waals surface area contributed by atoms with Crippen molar-refractivity contribution in [1.82, 2.24) is 15.3 Å². The fraction of sp³-hybridized carbons (Fsp3) is 0.500. The second-order valence-electron chi connectivity index (χ2n) is 4.05. The number of hydrogen-bond acceptors (Lipinski definition) is 5. The Hall–Kier alpha value is -2.38. The number of aromatic amines is 1. The van der Waals surface area contributed by atoms with Crippen molar-refractivity contribution in [2.75, 3.05) is 6.61 Å². The molecule has 0 saturated heterocycles. The first kappa shape index (κ1) is 15.7. The van der Waals surface area contributed by atoms with E-state index in [1.54, 1.807) is 6.92 Å². The van der Waals surface area contributed by atoms with Crippen molar-refractivity contribution in [1.29, 1.82) is 0 Å². The van der Waals surface area contributed by atoms with Crippen LogP contribution in [0.2, 0.25) is 0 Å². The van der Waals surface area contributed by atoms with E-state index in [0.717, 1.165) is 0 Å². The van der Waals surface area contributed by atoms with Gasteiger partial charge in [-0.1, -0.05) is 0 Å². The summed E-state index contributed by atoms with van der Waals surface area (Å²) in [6, 6.07) is -0.864. The molecular formula is C12H17N3O5. The minimum atomic E-state index is -1.07. The highest BCUT2D eigenvalue weighted by atomic mass is 16.5. The van der Waals surface area contributed by atoms with Gasteiger partial charge < -0.3 is 20.1 Å². The molecule has 0 aliphatic carbocycles. The molecule has 0 aliphatic heterocycles. The fourth-order valence-electron chi connectivity index (χ4n) is 1.54. The monoisotopic (exact) mass is 283 g/mol. The van der Waals surface area contributed by atoms with Gasteiger partial charge in [0.25, 0.3) is 0 Å². The van der Waals surface area contributed by atoms with Gasteiger partial charge in [-0.15, -0.1) is 0 Å². The van der Waals surface area contributed by atoms with Crippen molar-refractivity contribution in [3.05, 3.63) is 18.2 Å². The van der Waals surface area contributed by atoms with Crippen molar-refractivity contribution in [2.45, 2.75) is 32.2 Å². The second kappa shape index (κ2) is 7.93. The lowest BCUT2D eigenvalue weighted by atomic mass is 10.1. The summed E-state index contributed by atoms with van der Waals surface area (Å²) in [6.45, 7) is 1.86. The van der Waals surface area contributed by atoms with Crippen molar-refractivity contribution < 1.29 is 24.2 Å². The predicted molar refractivity (Wildman–Crippen MR) is 67.7 cm³/mol. The number of ether oxygens (including phenoxy) is 1. The third-order valence-electron chi connectivity index (χ3n) is 2.45. The fourth-order valence-corrected chi connectivity index (χ4v) is 1.54. The van der Waals surface area contributed by atoms with E-state index in [1.807, 2.05) is 0 Å². The second-order valence-corrected chi connectivity index (χ2v) is 4.05. The Labute approximate surface area is 115 Å². The van der Waals surface area contributed by atoms with Gasteiger partial charge in [0.05, 0.1) is 19.4 Å². The first-order chi connectivity index (χ1) is 9.52. The zero-order valence-electron chi connectivity index (χ0n) is 11.1. The molecule has 1 heterocycles. The normalized spacial score (nSPS) is 11.7. The number of nitrogens with one attached hydrogen (secondary N) is 2. The highest BCUT2D eigenvalue weighted by molar-refractivity contribution is 5.86. The number of carboxylic acid groups (broad SMARTS) is 1. The van der Waals surface area contributed by atoms with Crippen LogP contribution >= 0.6 is 0 Å². The number of esters is 1. The molecule has 110 valence electrons. The van der Waals surface area contributed by atoms with Crippen LogP contribution in [0, 0.1) is 0 Å². The van der Waals surface area contributed by atoms with Gasteiger partial charge in [0.15, 0.2) is 0 Å². The number of H-pyrrole nitrogens is 1. The summed E-state index contributed by atoms with van der Waals surface area (Å²) in [5, 5.41) is 11.0. The standard InChI is InChI=1S/C12H17N3O5/c1-2-20-12(19)9(5-8-6-13-7-14-8)15-10(16)3-4-11(17)18/h6-7,9H,2-5H2,1H3,(H,13,14)(H,15,16)(H,17,18). The number of aliphatic carboxylic acids is 1. The van der Waals surface area contributed by atoms with Gasteiger partial charge in [0, 0.05) is 24.7 Å². The molecule has 1 aromatic heterocycles. The summed E-state index contributed by atoms with van der Waals surface area (Å²) < 4.78 is 4.88. The van der Waals surface area contributed by atoms with E-state index in [4.69, 9.17) is 9.84 Å². The van der Waals surface area contributed by atoms with Crippen LogP contribution in [0.1, 0.15) is 25.5 Å². The van der Waals surface area contributed by atoms with E-state index in [1.165, 1.54) is 12.5 Å². The third kappa shape index (κ3) is 5.51. The largest absolute Gasteiger partial charge is 0.481 e. The topological polar surface area (TPSA) is 121 Å². The van der Waals surface area contributed by atoms with Gasteiger partial charge in [0.2, 0.25) is 5.91 Å². The SMILES string of the molecule is CCOC(=O)C(Cc1cnc[nH]1)NC(=O)CCC(=O)O. The third-order valence-corrected chi connectivity index (χ3v) is 2.45. The van der Waals surface area contributed by atoms with Crippen LogP contribution in [0.3, 0.4) is 0 Å². The molecule has 0 aromatic carbocycles. The smallest absolute Gasteiger partial charge is 0.329 e. The molecule has 0 fully saturated rings. The Bertz CT molecular complexity index is 458. The summed E-state index contributed by atoms with van der Waals surface area (Å²) in [4.78, 5) is 40.4. The molecule has 8 heteroatoms. The van der Waals surface area contributed by atoms with Crippen LogP contribution in [-0.2, 0) is 25.5 Å². The molecular weight excluding hydrogens is 266 g/mol. The van der Waals surface area contributed by atoms with Crippen molar-refractivity contribution in [2.24, 2.45) is 0 Å². The maximum absolute atomic E-state index is 11.8. The molecule has 0 saturated carbocycles. The van der Waals surface area contributed by atoms with Crippen molar-refractivity contribution in [3.8, 4) is 0 Å². The summed E-state index contributed by atoms with van der Waals surface area (Å²) in [7, 11) is 0. The van der Waals surface area contributed by atoms with E-state index < -0.39 is 23.9 Å². The Morgan fingerprint density at radius 1 is 1.45 bits per heavy atom. The minimum Gasteiger partial charge on any atom is -0.481 e. The van der Waals surface area contributed by atoms with Crippen LogP contribution in [0.5, 0.6) is 0 Å². The molecule has 1 rings (SSSR count). The van der Waals surface area contributed by atoms with E-state index >= 15 is 0 Å². The Morgan fingerprint density at radius 3 is 2.75 bits per heavy atom. The highest BCUT2D eigenvalue weighted by Gasteiger charge is 2.23.